The fourth-order valence-electron chi connectivity index (χ4n) is 1.43. The molecule has 0 bridgehead atoms. The Labute approximate surface area is 112 Å². The highest BCUT2D eigenvalue weighted by molar-refractivity contribution is 9.10. The third-order valence-electron chi connectivity index (χ3n) is 2.33. The van der Waals surface area contributed by atoms with Crippen molar-refractivity contribution in [1.29, 1.82) is 0 Å². The molecule has 0 fully saturated rings. The highest BCUT2D eigenvalue weighted by Crippen LogP contribution is 2.33. The van der Waals surface area contributed by atoms with Crippen molar-refractivity contribution >= 4 is 38.9 Å². The van der Waals surface area contributed by atoms with Crippen LogP contribution in [0.3, 0.4) is 0 Å². The van der Waals surface area contributed by atoms with Gasteiger partial charge in [0.15, 0.2) is 0 Å². The van der Waals surface area contributed by atoms with Crippen LogP contribution in [-0.2, 0) is 0 Å². The molecule has 1 unspecified atom stereocenters. The van der Waals surface area contributed by atoms with E-state index < -0.39 is 6.10 Å². The first-order chi connectivity index (χ1) is 7.58. The molecule has 1 heterocycles. The molecule has 1 aromatic heterocycles. The van der Waals surface area contributed by atoms with E-state index in [4.69, 9.17) is 11.6 Å². The van der Waals surface area contributed by atoms with E-state index in [0.717, 1.165) is 14.9 Å². The molecule has 1 aromatic carbocycles. The number of rotatable bonds is 2. The molecule has 0 aliphatic rings. The van der Waals surface area contributed by atoms with Gasteiger partial charge < -0.3 is 5.11 Å². The summed E-state index contributed by atoms with van der Waals surface area (Å²) in [5.41, 5.74) is 0.859. The van der Waals surface area contributed by atoms with Crippen LogP contribution in [-0.4, -0.2) is 5.11 Å². The number of thiophene rings is 1. The van der Waals surface area contributed by atoms with Crippen LogP contribution in [0.5, 0.6) is 0 Å². The van der Waals surface area contributed by atoms with Crippen LogP contribution in [0.1, 0.15) is 21.4 Å². The molecule has 0 aliphatic heterocycles. The smallest absolute Gasteiger partial charge is 0.113 e. The molecule has 4 heteroatoms. The van der Waals surface area contributed by atoms with Crippen molar-refractivity contribution in [2.24, 2.45) is 0 Å². The maximum atomic E-state index is 10.2. The average Bonchev–Trinajstić information content (AvgIpc) is 2.59. The second kappa shape index (κ2) is 4.88. The van der Waals surface area contributed by atoms with Crippen molar-refractivity contribution in [3.8, 4) is 0 Å². The first-order valence-electron chi connectivity index (χ1n) is 4.77. The van der Waals surface area contributed by atoms with E-state index in [1.807, 2.05) is 25.1 Å². The highest BCUT2D eigenvalue weighted by Gasteiger charge is 2.14. The van der Waals surface area contributed by atoms with Crippen molar-refractivity contribution in [3.63, 3.8) is 0 Å². The SMILES string of the molecule is Cc1sc(C(O)c2ccc(Cl)cc2)cc1Br. The van der Waals surface area contributed by atoms with E-state index in [-0.39, 0.29) is 0 Å². The molecule has 0 amide bonds. The standard InChI is InChI=1S/C12H10BrClOS/c1-7-10(13)6-11(16-7)12(15)8-2-4-9(14)5-3-8/h2-6,12,15H,1H3. The van der Waals surface area contributed by atoms with Gasteiger partial charge in [-0.2, -0.15) is 0 Å². The number of aryl methyl sites for hydroxylation is 1. The van der Waals surface area contributed by atoms with E-state index in [9.17, 15) is 5.11 Å². The van der Waals surface area contributed by atoms with Gasteiger partial charge in [-0.3, -0.25) is 0 Å². The zero-order valence-corrected chi connectivity index (χ0v) is 11.7. The van der Waals surface area contributed by atoms with Crippen LogP contribution >= 0.6 is 38.9 Å². The molecule has 1 N–H and O–H groups in total. The normalized spacial score (nSPS) is 12.8. The predicted molar refractivity (Wildman–Crippen MR) is 72.3 cm³/mol. The number of aliphatic hydroxyl groups excluding tert-OH is 1. The van der Waals surface area contributed by atoms with Crippen molar-refractivity contribution < 1.29 is 5.11 Å². The summed E-state index contributed by atoms with van der Waals surface area (Å²) in [5.74, 6) is 0. The number of hydrogen-bond donors (Lipinski definition) is 1. The first kappa shape index (κ1) is 12.1. The molecule has 84 valence electrons. The predicted octanol–water partition coefficient (Wildman–Crippen LogP) is 4.55. The molecule has 1 atom stereocenters. The van der Waals surface area contributed by atoms with Crippen molar-refractivity contribution in [2.75, 3.05) is 0 Å². The molecule has 1 nitrogen and oxygen atoms in total. The monoisotopic (exact) mass is 316 g/mol. The summed E-state index contributed by atoms with van der Waals surface area (Å²) in [7, 11) is 0. The Morgan fingerprint density at radius 2 is 1.94 bits per heavy atom. The van der Waals surface area contributed by atoms with Gasteiger partial charge >= 0.3 is 0 Å². The molecule has 0 radical (unpaired) electrons. The lowest BCUT2D eigenvalue weighted by atomic mass is 10.1. The van der Waals surface area contributed by atoms with Crippen molar-refractivity contribution in [3.05, 3.63) is 55.1 Å². The van der Waals surface area contributed by atoms with Gasteiger partial charge in [-0.1, -0.05) is 23.7 Å². The van der Waals surface area contributed by atoms with Crippen LogP contribution in [0.25, 0.3) is 0 Å². The minimum absolute atomic E-state index is 0.577. The van der Waals surface area contributed by atoms with Crippen LogP contribution in [0.4, 0.5) is 0 Å². The van der Waals surface area contributed by atoms with Gasteiger partial charge in [-0.15, -0.1) is 11.3 Å². The Hall–Kier alpha value is -0.350. The van der Waals surface area contributed by atoms with E-state index in [1.165, 1.54) is 4.88 Å². The lowest BCUT2D eigenvalue weighted by Crippen LogP contribution is -1.96. The fraction of sp³-hybridized carbons (Fsp3) is 0.167. The third kappa shape index (κ3) is 2.48. The topological polar surface area (TPSA) is 20.2 Å². The van der Waals surface area contributed by atoms with E-state index >= 15 is 0 Å². The van der Waals surface area contributed by atoms with Gasteiger partial charge in [0, 0.05) is 19.2 Å². The second-order valence-corrected chi connectivity index (χ2v) is 6.09. The summed E-state index contributed by atoms with van der Waals surface area (Å²) in [6.07, 6.45) is -0.577. The Balaban J connectivity index is 2.31. The van der Waals surface area contributed by atoms with Crippen LogP contribution in [0.2, 0.25) is 5.02 Å². The molecule has 2 aromatic rings. The number of aliphatic hydroxyl groups is 1. The van der Waals surface area contributed by atoms with Crippen molar-refractivity contribution in [1.82, 2.24) is 0 Å². The van der Waals surface area contributed by atoms with Gasteiger partial charge in [0.1, 0.15) is 6.10 Å². The van der Waals surface area contributed by atoms with Gasteiger partial charge in [0.05, 0.1) is 0 Å². The molecule has 0 spiro atoms. The maximum Gasteiger partial charge on any atom is 0.113 e. The van der Waals surface area contributed by atoms with Gasteiger partial charge in [-0.05, 0) is 46.6 Å². The number of hydrogen-bond acceptors (Lipinski definition) is 2. The molecule has 0 saturated carbocycles. The van der Waals surface area contributed by atoms with Gasteiger partial charge in [0.25, 0.3) is 0 Å². The first-order valence-corrected chi connectivity index (χ1v) is 6.76. The van der Waals surface area contributed by atoms with E-state index in [1.54, 1.807) is 23.5 Å². The minimum Gasteiger partial charge on any atom is -0.383 e. The number of benzene rings is 1. The fourth-order valence-corrected chi connectivity index (χ4v) is 3.13. The summed E-state index contributed by atoms with van der Waals surface area (Å²) in [5, 5.41) is 10.8. The average molecular weight is 318 g/mol. The van der Waals surface area contributed by atoms with Gasteiger partial charge in [0.2, 0.25) is 0 Å². The molecule has 16 heavy (non-hydrogen) atoms. The van der Waals surface area contributed by atoms with Gasteiger partial charge in [-0.25, -0.2) is 0 Å². The minimum atomic E-state index is -0.577. The summed E-state index contributed by atoms with van der Waals surface area (Å²) >= 11 is 10.8. The van der Waals surface area contributed by atoms with E-state index in [2.05, 4.69) is 15.9 Å². The molecule has 0 saturated heterocycles. The molecular weight excluding hydrogens is 308 g/mol. The summed E-state index contributed by atoms with van der Waals surface area (Å²) < 4.78 is 1.04. The summed E-state index contributed by atoms with van der Waals surface area (Å²) in [6, 6.07) is 9.22. The Morgan fingerprint density at radius 3 is 2.44 bits per heavy atom. The van der Waals surface area contributed by atoms with Crippen LogP contribution in [0.15, 0.2) is 34.8 Å². The summed E-state index contributed by atoms with van der Waals surface area (Å²) in [4.78, 5) is 2.11. The van der Waals surface area contributed by atoms with E-state index in [0.29, 0.717) is 5.02 Å². The quantitative estimate of drug-likeness (QED) is 0.861. The highest BCUT2D eigenvalue weighted by atomic mass is 79.9. The van der Waals surface area contributed by atoms with Crippen molar-refractivity contribution in [2.45, 2.75) is 13.0 Å². The second-order valence-electron chi connectivity index (χ2n) is 3.51. The third-order valence-corrected chi connectivity index (χ3v) is 4.77. The largest absolute Gasteiger partial charge is 0.383 e. The Morgan fingerprint density at radius 1 is 1.31 bits per heavy atom. The molecule has 0 aliphatic carbocycles. The Kier molecular flexibility index (Phi) is 3.70. The van der Waals surface area contributed by atoms with Crippen LogP contribution in [0, 0.1) is 6.92 Å². The Bertz CT molecular complexity index is 473. The maximum absolute atomic E-state index is 10.2. The zero-order valence-electron chi connectivity index (χ0n) is 8.58. The lowest BCUT2D eigenvalue weighted by Gasteiger charge is -2.08. The zero-order chi connectivity index (χ0) is 11.7. The lowest BCUT2D eigenvalue weighted by molar-refractivity contribution is 0.224. The number of halogens is 2. The molecule has 2 rings (SSSR count). The van der Waals surface area contributed by atoms with Crippen LogP contribution < -0.4 is 0 Å². The summed E-state index contributed by atoms with van der Waals surface area (Å²) in [6.45, 7) is 2.02. The molecular formula is C12H10BrClOS.